The second kappa shape index (κ2) is 5.37. The number of aryl methyl sites for hydroxylation is 1. The minimum Gasteiger partial charge on any atom is -0.352 e. The number of likely N-dealkylation sites (N-methyl/N-ethyl adjacent to an activating group) is 1. The van der Waals surface area contributed by atoms with Crippen LogP contribution in [0, 0.1) is 6.92 Å². The Bertz CT molecular complexity index is 734. The van der Waals surface area contributed by atoms with E-state index in [-0.39, 0.29) is 12.1 Å². The summed E-state index contributed by atoms with van der Waals surface area (Å²) in [4.78, 5) is 17.6. The van der Waals surface area contributed by atoms with E-state index in [0.717, 1.165) is 36.6 Å². The Hall–Kier alpha value is -1.37. The van der Waals surface area contributed by atoms with Crippen LogP contribution >= 0.6 is 22.7 Å². The smallest absolute Gasteiger partial charge is 0.256 e. The molecule has 2 aliphatic rings. The zero-order valence-electron chi connectivity index (χ0n) is 12.7. The Morgan fingerprint density at radius 1 is 1.41 bits per heavy atom. The highest BCUT2D eigenvalue weighted by Gasteiger charge is 2.33. The fourth-order valence-electron chi connectivity index (χ4n) is 3.25. The van der Waals surface area contributed by atoms with Gasteiger partial charge in [-0.1, -0.05) is 6.92 Å². The summed E-state index contributed by atoms with van der Waals surface area (Å²) in [5.74, 6) is 0.0778. The zero-order chi connectivity index (χ0) is 15.3. The summed E-state index contributed by atoms with van der Waals surface area (Å²) in [5.41, 5.74) is 3.38. The summed E-state index contributed by atoms with van der Waals surface area (Å²) < 4.78 is 0. The molecule has 22 heavy (non-hydrogen) atoms. The molecule has 4 heterocycles. The molecule has 2 aromatic heterocycles. The number of hydrogen-bond acceptors (Lipinski definition) is 5. The predicted molar refractivity (Wildman–Crippen MR) is 91.9 cm³/mol. The van der Waals surface area contributed by atoms with Crippen LogP contribution in [0.4, 0.5) is 5.00 Å². The third-order valence-electron chi connectivity index (χ3n) is 4.52. The molecule has 4 rings (SSSR count). The molecule has 0 saturated carbocycles. The second-order valence-corrected chi connectivity index (χ2v) is 7.90. The van der Waals surface area contributed by atoms with Gasteiger partial charge in [-0.3, -0.25) is 9.69 Å². The van der Waals surface area contributed by atoms with Gasteiger partial charge in [0, 0.05) is 22.8 Å². The number of nitrogens with one attached hydrogen (secondary N) is 2. The van der Waals surface area contributed by atoms with E-state index in [4.69, 9.17) is 0 Å². The lowest BCUT2D eigenvalue weighted by molar-refractivity contribution is 0.0935. The van der Waals surface area contributed by atoms with Crippen LogP contribution in [0.3, 0.4) is 0 Å². The number of carbonyl (C=O) groups is 1. The maximum atomic E-state index is 12.6. The monoisotopic (exact) mass is 333 g/mol. The molecule has 0 aliphatic carbocycles. The highest BCUT2D eigenvalue weighted by Crippen LogP contribution is 2.41. The minimum atomic E-state index is -0.0950. The van der Waals surface area contributed by atoms with Crippen molar-refractivity contribution in [1.29, 1.82) is 0 Å². The van der Waals surface area contributed by atoms with Crippen molar-refractivity contribution in [3.63, 3.8) is 0 Å². The van der Waals surface area contributed by atoms with E-state index >= 15 is 0 Å². The van der Waals surface area contributed by atoms with Crippen molar-refractivity contribution in [1.82, 2.24) is 10.2 Å². The van der Waals surface area contributed by atoms with Crippen LogP contribution < -0.4 is 10.6 Å². The summed E-state index contributed by atoms with van der Waals surface area (Å²) >= 11 is 3.45. The number of thiophene rings is 2. The Morgan fingerprint density at radius 2 is 2.27 bits per heavy atom. The fourth-order valence-corrected chi connectivity index (χ4v) is 5.49. The third-order valence-corrected chi connectivity index (χ3v) is 6.76. The fraction of sp³-hybridized carbons (Fsp3) is 0.438. The molecule has 6 heteroatoms. The number of carbonyl (C=O) groups excluding carboxylic acids is 1. The Morgan fingerprint density at radius 3 is 3.00 bits per heavy atom. The lowest BCUT2D eigenvalue weighted by Gasteiger charge is -2.27. The van der Waals surface area contributed by atoms with Crippen molar-refractivity contribution < 1.29 is 4.79 Å². The van der Waals surface area contributed by atoms with Gasteiger partial charge in [0.1, 0.15) is 11.2 Å². The van der Waals surface area contributed by atoms with Gasteiger partial charge in [0.05, 0.1) is 5.56 Å². The minimum absolute atomic E-state index is 0.0778. The molecular weight excluding hydrogens is 314 g/mol. The Labute approximate surface area is 138 Å². The van der Waals surface area contributed by atoms with Gasteiger partial charge in [0.15, 0.2) is 0 Å². The molecule has 2 aromatic rings. The predicted octanol–water partition coefficient (Wildman–Crippen LogP) is 3.35. The van der Waals surface area contributed by atoms with Crippen molar-refractivity contribution in [3.8, 4) is 0 Å². The van der Waals surface area contributed by atoms with Crippen LogP contribution in [-0.4, -0.2) is 23.9 Å². The Balaban J connectivity index is 1.69. The number of hydrogen-bond donors (Lipinski definition) is 2. The summed E-state index contributed by atoms with van der Waals surface area (Å²) in [6.45, 7) is 7.38. The standard InChI is InChI=1S/C16H19N3OS2/c1-3-19-6-4-10-11(8-19)22-16-12(10)15(20)17-14(18-16)13-9(2)5-7-21-13/h5,7,14,18H,3-4,6,8H2,1-2H3,(H,17,20)/t14-/m0/s1. The van der Waals surface area contributed by atoms with E-state index in [2.05, 4.69) is 40.8 Å². The van der Waals surface area contributed by atoms with E-state index in [1.807, 2.05) is 0 Å². The average molecular weight is 333 g/mol. The normalized spacial score (nSPS) is 21.0. The number of fused-ring (bicyclic) bond motifs is 3. The van der Waals surface area contributed by atoms with Crippen LogP contribution in [0.5, 0.6) is 0 Å². The molecule has 116 valence electrons. The van der Waals surface area contributed by atoms with E-state index in [0.29, 0.717) is 0 Å². The molecule has 1 amide bonds. The zero-order valence-corrected chi connectivity index (χ0v) is 14.4. The molecule has 0 aromatic carbocycles. The van der Waals surface area contributed by atoms with Gasteiger partial charge in [-0.25, -0.2) is 0 Å². The van der Waals surface area contributed by atoms with E-state index in [1.165, 1.54) is 20.9 Å². The molecule has 0 saturated heterocycles. The highest BCUT2D eigenvalue weighted by molar-refractivity contribution is 7.16. The summed E-state index contributed by atoms with van der Waals surface area (Å²) in [7, 11) is 0. The van der Waals surface area contributed by atoms with Crippen molar-refractivity contribution in [2.24, 2.45) is 0 Å². The number of rotatable bonds is 2. The van der Waals surface area contributed by atoms with Gasteiger partial charge in [0.2, 0.25) is 0 Å². The lowest BCUT2D eigenvalue weighted by atomic mass is 10.0. The molecular formula is C16H19N3OS2. The molecule has 0 spiro atoms. The van der Waals surface area contributed by atoms with Crippen LogP contribution in [-0.2, 0) is 13.0 Å². The second-order valence-electron chi connectivity index (χ2n) is 5.85. The number of nitrogens with zero attached hydrogens (tertiary/aromatic N) is 1. The first kappa shape index (κ1) is 14.2. The first-order valence-corrected chi connectivity index (χ1v) is 9.35. The molecule has 0 fully saturated rings. The van der Waals surface area contributed by atoms with E-state index < -0.39 is 0 Å². The summed E-state index contributed by atoms with van der Waals surface area (Å²) in [5, 5.41) is 9.79. The van der Waals surface area contributed by atoms with Crippen molar-refractivity contribution >= 4 is 33.6 Å². The molecule has 0 radical (unpaired) electrons. The average Bonchev–Trinajstić information content (AvgIpc) is 3.09. The summed E-state index contributed by atoms with van der Waals surface area (Å²) in [6, 6.07) is 2.10. The van der Waals surface area contributed by atoms with Gasteiger partial charge < -0.3 is 10.6 Å². The first-order valence-electron chi connectivity index (χ1n) is 7.65. The van der Waals surface area contributed by atoms with Crippen molar-refractivity contribution in [3.05, 3.63) is 37.9 Å². The summed E-state index contributed by atoms with van der Waals surface area (Å²) in [6.07, 6.45) is 0.884. The Kier molecular flexibility index (Phi) is 3.47. The van der Waals surface area contributed by atoms with E-state index in [1.54, 1.807) is 22.7 Å². The number of amides is 1. The van der Waals surface area contributed by atoms with Gasteiger partial charge >= 0.3 is 0 Å². The number of anilines is 1. The quantitative estimate of drug-likeness (QED) is 0.886. The third kappa shape index (κ3) is 2.17. The van der Waals surface area contributed by atoms with Crippen LogP contribution in [0.15, 0.2) is 11.4 Å². The molecule has 0 unspecified atom stereocenters. The van der Waals surface area contributed by atoms with Crippen molar-refractivity contribution in [2.45, 2.75) is 33.0 Å². The van der Waals surface area contributed by atoms with Gasteiger partial charge in [-0.2, -0.15) is 0 Å². The maximum absolute atomic E-state index is 12.6. The maximum Gasteiger partial charge on any atom is 0.256 e. The van der Waals surface area contributed by atoms with Gasteiger partial charge in [-0.15, -0.1) is 22.7 Å². The first-order chi connectivity index (χ1) is 10.7. The molecule has 2 aliphatic heterocycles. The molecule has 0 bridgehead atoms. The molecule has 4 nitrogen and oxygen atoms in total. The SMILES string of the molecule is CCN1CCc2c(sc3c2C(=O)N[C@H](c2sccc2C)N3)C1. The highest BCUT2D eigenvalue weighted by atomic mass is 32.1. The molecule has 1 atom stereocenters. The molecule has 2 N–H and O–H groups in total. The topological polar surface area (TPSA) is 44.4 Å². The van der Waals surface area contributed by atoms with Crippen LogP contribution in [0.25, 0.3) is 0 Å². The lowest BCUT2D eigenvalue weighted by Crippen LogP contribution is -2.38. The van der Waals surface area contributed by atoms with Crippen LogP contribution in [0.1, 0.15) is 44.3 Å². The van der Waals surface area contributed by atoms with Gasteiger partial charge in [0.25, 0.3) is 5.91 Å². The van der Waals surface area contributed by atoms with Gasteiger partial charge in [-0.05, 0) is 42.5 Å². The van der Waals surface area contributed by atoms with Crippen LogP contribution in [0.2, 0.25) is 0 Å². The van der Waals surface area contributed by atoms with E-state index in [9.17, 15) is 4.79 Å². The largest absolute Gasteiger partial charge is 0.352 e. The van der Waals surface area contributed by atoms with Crippen molar-refractivity contribution in [2.75, 3.05) is 18.4 Å².